The number of fused-ring (bicyclic) bond motifs is 3. The highest BCUT2D eigenvalue weighted by molar-refractivity contribution is 6.04. The van der Waals surface area contributed by atoms with Crippen LogP contribution in [0.25, 0.3) is 10.9 Å². The highest BCUT2D eigenvalue weighted by atomic mass is 16.5. The second kappa shape index (κ2) is 4.88. The predicted molar refractivity (Wildman–Crippen MR) is 81.3 cm³/mol. The minimum atomic E-state index is -4.14. The second-order valence-electron chi connectivity index (χ2n) is 4.28. The lowest BCUT2D eigenvalue weighted by atomic mass is 10.0. The lowest BCUT2D eigenvalue weighted by Crippen LogP contribution is -2.43. The number of hydrogen-bond donors (Lipinski definition) is 1. The number of benzene rings is 1. The molecule has 1 N–H and O–H groups in total. The average Bonchev–Trinajstić information content (AvgIpc) is 3.21. The van der Waals surface area contributed by atoms with Gasteiger partial charge in [0.05, 0.1) is 11.0 Å². The van der Waals surface area contributed by atoms with Crippen molar-refractivity contribution in [2.75, 3.05) is 6.98 Å². The Kier molecular flexibility index (Phi) is 0.961. The molecule has 21 heavy (non-hydrogen) atoms. The van der Waals surface area contributed by atoms with Crippen molar-refractivity contribution in [2.24, 2.45) is 0 Å². The zero-order valence-corrected chi connectivity index (χ0v) is 10.4. The van der Waals surface area contributed by atoms with Crippen molar-refractivity contribution in [1.82, 2.24) is 9.88 Å². The Labute approximate surface area is 148 Å². The van der Waals surface area contributed by atoms with Crippen molar-refractivity contribution < 1.29 is 32.8 Å². The van der Waals surface area contributed by atoms with E-state index in [1.54, 1.807) is 0 Å². The number of para-hydroxylation sites is 1. The van der Waals surface area contributed by atoms with Gasteiger partial charge in [0.1, 0.15) is 6.08 Å². The van der Waals surface area contributed by atoms with E-state index >= 15 is 0 Å². The number of carbonyl (C=O) groups excluding carboxylic acids is 1. The van der Waals surface area contributed by atoms with E-state index in [0.29, 0.717) is 0 Å². The molecular formula is C17H20N2O2. The van der Waals surface area contributed by atoms with E-state index in [9.17, 15) is 4.79 Å². The van der Waals surface area contributed by atoms with Crippen LogP contribution in [0.4, 0.5) is 0 Å². The zero-order valence-electron chi connectivity index (χ0n) is 27.4. The standard InChI is InChI=1S/C17H20N2O2/c1-19-11-6-7-12(19)9-13(8-11)21-17(20)15-10-18-16-5-3-2-4-14(15)16/h2-5,10-13,18H,6-9H2,1H3/t11-,12+,13?/i1D3,2D,3D,4D,6D2,7D2,8D2,9D2,11D,12D,13D. The lowest BCUT2D eigenvalue weighted by molar-refractivity contribution is -0.000258. The highest BCUT2D eigenvalue weighted by Gasteiger charge is 2.40. The van der Waals surface area contributed by atoms with Gasteiger partial charge in [0.15, 0.2) is 0 Å². The zero-order chi connectivity index (χ0) is 29.4. The van der Waals surface area contributed by atoms with Crippen LogP contribution in [0.1, 0.15) is 59.2 Å². The van der Waals surface area contributed by atoms with Gasteiger partial charge in [0.2, 0.25) is 0 Å². The number of nitrogens with zero attached hydrogens (tertiary/aromatic N) is 1. The summed E-state index contributed by atoms with van der Waals surface area (Å²) < 4.78 is 145. The summed E-state index contributed by atoms with van der Waals surface area (Å²) in [4.78, 5) is 15.2. The number of esters is 1. The molecule has 2 aliphatic heterocycles. The minimum absolute atomic E-state index is 0.0214. The van der Waals surface area contributed by atoms with Gasteiger partial charge in [0, 0.05) is 59.7 Å². The van der Waals surface area contributed by atoms with Crippen LogP contribution in [-0.2, 0) is 4.74 Å². The number of aromatic nitrogens is 1. The van der Waals surface area contributed by atoms with Crippen LogP contribution < -0.4 is 0 Å². The SMILES string of the molecule is [2H]c1cc2[nH]cc(C(=O)OC3([2H])C([2H])([2H])[C@]4([2H])N(C([2H])([2H])[2H])[C@]([2H])(C3([2H])[2H])C([2H])([2H])C4([2H])[2H])c2c([2H])c1[2H]. The van der Waals surface area contributed by atoms with Gasteiger partial charge >= 0.3 is 5.97 Å². The monoisotopic (exact) mass is 301 g/mol. The van der Waals surface area contributed by atoms with Crippen molar-refractivity contribution in [3.05, 3.63) is 36.0 Å². The number of carbonyl (C=O) groups is 1. The third kappa shape index (κ3) is 2.14. The van der Waals surface area contributed by atoms with Crippen LogP contribution >= 0.6 is 0 Å². The Morgan fingerprint density at radius 2 is 2.33 bits per heavy atom. The van der Waals surface area contributed by atoms with Gasteiger partial charge in [-0.15, -0.1) is 0 Å². The van der Waals surface area contributed by atoms with E-state index in [1.807, 2.05) is 0 Å². The molecular weight excluding hydrogens is 264 g/mol. The molecule has 3 atom stereocenters. The Bertz CT molecular complexity index is 1330. The molecule has 2 aliphatic rings. The smallest absolute Gasteiger partial charge is 0.340 e. The first-order valence-corrected chi connectivity index (χ1v) is 5.94. The first kappa shape index (κ1) is 4.13. The number of piperidine rings is 1. The van der Waals surface area contributed by atoms with Gasteiger partial charge in [0.25, 0.3) is 0 Å². The first-order chi connectivity index (χ1) is 16.8. The largest absolute Gasteiger partial charge is 0.459 e. The molecule has 1 aromatic heterocycles. The van der Waals surface area contributed by atoms with Crippen molar-refractivity contribution in [2.45, 2.75) is 43.6 Å². The summed E-state index contributed by atoms with van der Waals surface area (Å²) in [6.07, 6.45) is -19.4. The third-order valence-electron chi connectivity index (χ3n) is 3.01. The van der Waals surface area contributed by atoms with E-state index in [4.69, 9.17) is 28.0 Å². The number of nitrogens with one attached hydrogen (secondary N) is 1. The number of hydrogen-bond acceptors (Lipinski definition) is 3. The summed E-state index contributed by atoms with van der Waals surface area (Å²) in [7, 11) is 0. The molecule has 1 aromatic carbocycles. The molecule has 4 rings (SSSR count). The molecule has 0 spiro atoms. The van der Waals surface area contributed by atoms with Crippen LogP contribution in [0.15, 0.2) is 30.4 Å². The van der Waals surface area contributed by atoms with Gasteiger partial charge in [-0.1, -0.05) is 18.1 Å². The summed E-state index contributed by atoms with van der Waals surface area (Å²) in [5.41, 5.74) is -0.654. The minimum Gasteiger partial charge on any atom is -0.459 e. The van der Waals surface area contributed by atoms with Crippen molar-refractivity contribution in [1.29, 1.82) is 0 Å². The van der Waals surface area contributed by atoms with Crippen LogP contribution in [-0.4, -0.2) is 40.9 Å². The molecule has 2 saturated heterocycles. The number of H-pyrrole nitrogens is 1. The molecule has 4 heteroatoms. The molecule has 4 nitrogen and oxygen atoms in total. The molecule has 3 heterocycles. The van der Waals surface area contributed by atoms with Gasteiger partial charge in [-0.25, -0.2) is 4.79 Å². The van der Waals surface area contributed by atoms with Crippen molar-refractivity contribution >= 4 is 16.9 Å². The summed E-state index contributed by atoms with van der Waals surface area (Å²) >= 11 is 0. The molecule has 2 aromatic rings. The van der Waals surface area contributed by atoms with E-state index in [-0.39, 0.29) is 16.9 Å². The van der Waals surface area contributed by atoms with E-state index in [0.717, 1.165) is 12.3 Å². The van der Waals surface area contributed by atoms with E-state index in [1.165, 1.54) is 0 Å². The Hall–Kier alpha value is -1.81. The number of ether oxygens (including phenoxy) is 1. The summed E-state index contributed by atoms with van der Waals surface area (Å²) in [6, 6.07) is -8.57. The fourth-order valence-electron chi connectivity index (χ4n) is 2.02. The quantitative estimate of drug-likeness (QED) is 0.868. The predicted octanol–water partition coefficient (Wildman–Crippen LogP) is 2.95. The number of aromatic amines is 1. The van der Waals surface area contributed by atoms with Crippen molar-refractivity contribution in [3.8, 4) is 0 Å². The molecule has 2 fully saturated rings. The van der Waals surface area contributed by atoms with Crippen LogP contribution in [0.5, 0.6) is 0 Å². The fraction of sp³-hybridized carbons (Fsp3) is 0.471. The van der Waals surface area contributed by atoms with Crippen LogP contribution in [0.3, 0.4) is 0 Å². The lowest BCUT2D eigenvalue weighted by Gasteiger charge is -2.35. The normalized spacial score (nSPS) is 61.4. The summed E-state index contributed by atoms with van der Waals surface area (Å²) in [5.74, 6) is -1.72. The van der Waals surface area contributed by atoms with E-state index in [2.05, 4.69) is 4.98 Å². The third-order valence-corrected chi connectivity index (χ3v) is 3.01. The maximum Gasteiger partial charge on any atom is 0.340 e. The number of rotatable bonds is 2. The van der Waals surface area contributed by atoms with Gasteiger partial charge < -0.3 is 14.6 Å². The molecule has 0 amide bonds. The fourth-order valence-corrected chi connectivity index (χ4v) is 2.02. The second-order valence-corrected chi connectivity index (χ2v) is 4.28. The highest BCUT2D eigenvalue weighted by Crippen LogP contribution is 2.35. The maximum absolute atomic E-state index is 13.2. The molecule has 2 bridgehead atoms. The Morgan fingerprint density at radius 3 is 3.10 bits per heavy atom. The molecule has 0 saturated carbocycles. The topological polar surface area (TPSA) is 45.3 Å². The van der Waals surface area contributed by atoms with Gasteiger partial charge in [-0.05, 0) is 25.8 Å². The molecule has 0 aliphatic carbocycles. The summed E-state index contributed by atoms with van der Waals surface area (Å²) in [6.45, 7) is -3.82. The average molecular weight is 301 g/mol. The molecule has 1 unspecified atom stereocenters. The van der Waals surface area contributed by atoms with Gasteiger partial charge in [-0.2, -0.15) is 0 Å². The van der Waals surface area contributed by atoms with Crippen LogP contribution in [0.2, 0.25) is 0 Å². The first-order valence-electron chi connectivity index (χ1n) is 14.4. The summed E-state index contributed by atoms with van der Waals surface area (Å²) in [5, 5.41) is -0.324. The van der Waals surface area contributed by atoms with E-state index < -0.39 is 79.1 Å². The van der Waals surface area contributed by atoms with Crippen molar-refractivity contribution in [3.63, 3.8) is 0 Å². The molecule has 110 valence electrons. The Morgan fingerprint density at radius 1 is 1.52 bits per heavy atom. The Balaban J connectivity index is 1.99. The van der Waals surface area contributed by atoms with Gasteiger partial charge in [-0.3, -0.25) is 0 Å². The molecule has 0 radical (unpaired) electrons. The maximum atomic E-state index is 13.2. The van der Waals surface area contributed by atoms with Crippen LogP contribution in [0, 0.1) is 0 Å².